The first-order valence-electron chi connectivity index (χ1n) is 9.38. The zero-order valence-electron chi connectivity index (χ0n) is 14.7. The summed E-state index contributed by atoms with van der Waals surface area (Å²) in [6, 6.07) is 1.55. The lowest BCUT2D eigenvalue weighted by Crippen LogP contribution is -2.53. The lowest BCUT2D eigenvalue weighted by Gasteiger charge is -2.42. The van der Waals surface area contributed by atoms with Crippen LogP contribution < -0.4 is 5.32 Å². The van der Waals surface area contributed by atoms with E-state index in [1.54, 1.807) is 0 Å². The highest BCUT2D eigenvalue weighted by molar-refractivity contribution is 4.93. The van der Waals surface area contributed by atoms with Crippen molar-refractivity contribution < 1.29 is 0 Å². The third-order valence-corrected chi connectivity index (χ3v) is 5.73. The molecule has 2 heteroatoms. The molecule has 0 aromatic rings. The summed E-state index contributed by atoms with van der Waals surface area (Å²) >= 11 is 0. The molecule has 0 amide bonds. The highest BCUT2D eigenvalue weighted by Gasteiger charge is 2.38. The number of nitrogens with zero attached hydrogens (tertiary/aromatic N) is 1. The van der Waals surface area contributed by atoms with E-state index < -0.39 is 0 Å². The van der Waals surface area contributed by atoms with Gasteiger partial charge in [0.15, 0.2) is 0 Å². The van der Waals surface area contributed by atoms with Gasteiger partial charge < -0.3 is 5.32 Å². The maximum Gasteiger partial charge on any atom is 0.0198 e. The number of hydrogen-bond acceptors (Lipinski definition) is 2. The number of nitrogens with one attached hydrogen (secondary N) is 1. The van der Waals surface area contributed by atoms with Gasteiger partial charge in [-0.25, -0.2) is 0 Å². The van der Waals surface area contributed by atoms with Crippen LogP contribution in [0.3, 0.4) is 0 Å². The normalized spacial score (nSPS) is 33.1. The molecule has 0 aromatic carbocycles. The van der Waals surface area contributed by atoms with Crippen molar-refractivity contribution in [2.45, 2.75) is 78.3 Å². The second-order valence-corrected chi connectivity index (χ2v) is 9.45. The Balaban J connectivity index is 1.55. The predicted octanol–water partition coefficient (Wildman–Crippen LogP) is 3.91. The van der Waals surface area contributed by atoms with E-state index >= 15 is 0 Å². The minimum absolute atomic E-state index is 0.399. The maximum atomic E-state index is 3.89. The Morgan fingerprint density at radius 3 is 2.33 bits per heavy atom. The van der Waals surface area contributed by atoms with Crippen LogP contribution >= 0.6 is 0 Å². The quantitative estimate of drug-likeness (QED) is 0.798. The number of hydrogen-bond donors (Lipinski definition) is 1. The minimum atomic E-state index is 0.399. The molecular formula is C19H36N2. The maximum absolute atomic E-state index is 3.89. The third kappa shape index (κ3) is 4.96. The Morgan fingerprint density at radius 1 is 1.05 bits per heavy atom. The van der Waals surface area contributed by atoms with Crippen LogP contribution in [0.1, 0.15) is 66.2 Å². The monoisotopic (exact) mass is 292 g/mol. The smallest absolute Gasteiger partial charge is 0.0198 e. The SMILES string of the molecule is CC(C1CC1)N1CC(CC2CC2)CC(NCC(C)(C)C)C1. The van der Waals surface area contributed by atoms with Gasteiger partial charge in [0.2, 0.25) is 0 Å². The van der Waals surface area contributed by atoms with Crippen LogP contribution in [-0.2, 0) is 0 Å². The molecule has 3 atom stereocenters. The summed E-state index contributed by atoms with van der Waals surface area (Å²) in [5.41, 5.74) is 0.399. The van der Waals surface area contributed by atoms with Crippen LogP contribution in [0.15, 0.2) is 0 Å². The van der Waals surface area contributed by atoms with Gasteiger partial charge in [-0.15, -0.1) is 0 Å². The van der Waals surface area contributed by atoms with E-state index in [0.29, 0.717) is 5.41 Å². The summed E-state index contributed by atoms with van der Waals surface area (Å²) in [6.45, 7) is 13.3. The van der Waals surface area contributed by atoms with Crippen molar-refractivity contribution in [2.24, 2.45) is 23.2 Å². The molecule has 1 saturated heterocycles. The molecular weight excluding hydrogens is 256 g/mol. The molecule has 1 N–H and O–H groups in total. The summed E-state index contributed by atoms with van der Waals surface area (Å²) in [6.07, 6.45) is 8.89. The molecule has 0 radical (unpaired) electrons. The largest absolute Gasteiger partial charge is 0.312 e. The molecule has 2 nitrogen and oxygen atoms in total. The first kappa shape index (κ1) is 15.8. The fourth-order valence-corrected chi connectivity index (χ4v) is 4.04. The van der Waals surface area contributed by atoms with E-state index in [1.165, 1.54) is 51.6 Å². The standard InChI is InChI=1S/C19H36N2/c1-14(17-7-8-17)21-11-16(9-15-5-6-15)10-18(12-21)20-13-19(2,3)4/h14-18,20H,5-13H2,1-4H3. The van der Waals surface area contributed by atoms with Crippen LogP contribution in [0.2, 0.25) is 0 Å². The van der Waals surface area contributed by atoms with Crippen molar-refractivity contribution in [3.8, 4) is 0 Å². The summed E-state index contributed by atoms with van der Waals surface area (Å²) in [4.78, 5) is 2.83. The molecule has 3 fully saturated rings. The van der Waals surface area contributed by atoms with Gasteiger partial charge in [-0.05, 0) is 55.8 Å². The van der Waals surface area contributed by atoms with E-state index in [9.17, 15) is 0 Å². The van der Waals surface area contributed by atoms with Crippen molar-refractivity contribution >= 4 is 0 Å². The number of likely N-dealkylation sites (tertiary alicyclic amines) is 1. The zero-order valence-corrected chi connectivity index (χ0v) is 14.7. The van der Waals surface area contributed by atoms with Crippen LogP contribution in [0.4, 0.5) is 0 Å². The highest BCUT2D eigenvalue weighted by Crippen LogP contribution is 2.40. The van der Waals surface area contributed by atoms with Gasteiger partial charge >= 0.3 is 0 Å². The Morgan fingerprint density at radius 2 is 1.76 bits per heavy atom. The van der Waals surface area contributed by atoms with Crippen LogP contribution in [0.5, 0.6) is 0 Å². The number of rotatable bonds is 6. The van der Waals surface area contributed by atoms with Gasteiger partial charge in [-0.2, -0.15) is 0 Å². The van der Waals surface area contributed by atoms with Gasteiger partial charge in [-0.3, -0.25) is 4.90 Å². The molecule has 2 aliphatic carbocycles. The lowest BCUT2D eigenvalue weighted by atomic mass is 9.87. The molecule has 2 saturated carbocycles. The molecule has 21 heavy (non-hydrogen) atoms. The van der Waals surface area contributed by atoms with Gasteiger partial charge in [0, 0.05) is 31.7 Å². The molecule has 3 unspecified atom stereocenters. The summed E-state index contributed by atoms with van der Waals surface area (Å²) in [7, 11) is 0. The Bertz CT molecular complexity index is 338. The average molecular weight is 293 g/mol. The van der Waals surface area contributed by atoms with Gasteiger partial charge in [0.25, 0.3) is 0 Å². The van der Waals surface area contributed by atoms with Crippen molar-refractivity contribution in [1.82, 2.24) is 10.2 Å². The van der Waals surface area contributed by atoms with Crippen molar-refractivity contribution in [1.29, 1.82) is 0 Å². The van der Waals surface area contributed by atoms with Gasteiger partial charge in [0.05, 0.1) is 0 Å². The summed E-state index contributed by atoms with van der Waals surface area (Å²) in [5, 5.41) is 3.89. The Hall–Kier alpha value is -0.0800. The van der Waals surface area contributed by atoms with Crippen molar-refractivity contribution in [3.05, 3.63) is 0 Å². The van der Waals surface area contributed by atoms with Gasteiger partial charge in [0.1, 0.15) is 0 Å². The zero-order chi connectivity index (χ0) is 15.0. The highest BCUT2D eigenvalue weighted by atomic mass is 15.2. The molecule has 0 bridgehead atoms. The lowest BCUT2D eigenvalue weighted by molar-refractivity contribution is 0.0854. The first-order valence-corrected chi connectivity index (χ1v) is 9.38. The summed E-state index contributed by atoms with van der Waals surface area (Å²) < 4.78 is 0. The minimum Gasteiger partial charge on any atom is -0.312 e. The van der Waals surface area contributed by atoms with Crippen LogP contribution in [0.25, 0.3) is 0 Å². The van der Waals surface area contributed by atoms with Crippen LogP contribution in [0, 0.1) is 23.2 Å². The van der Waals surface area contributed by atoms with E-state index in [-0.39, 0.29) is 0 Å². The second kappa shape index (κ2) is 6.20. The van der Waals surface area contributed by atoms with E-state index in [1.807, 2.05) is 0 Å². The molecule has 122 valence electrons. The molecule has 0 spiro atoms. The molecule has 1 aliphatic heterocycles. The molecule has 0 aromatic heterocycles. The molecule has 3 rings (SSSR count). The van der Waals surface area contributed by atoms with Crippen molar-refractivity contribution in [3.63, 3.8) is 0 Å². The van der Waals surface area contributed by atoms with E-state index in [4.69, 9.17) is 0 Å². The Labute approximate surface area is 132 Å². The molecule has 3 aliphatic rings. The third-order valence-electron chi connectivity index (χ3n) is 5.73. The summed E-state index contributed by atoms with van der Waals surface area (Å²) in [5.74, 6) is 3.03. The second-order valence-electron chi connectivity index (χ2n) is 9.45. The number of piperidine rings is 1. The van der Waals surface area contributed by atoms with E-state index in [0.717, 1.165) is 36.4 Å². The fourth-order valence-electron chi connectivity index (χ4n) is 4.04. The topological polar surface area (TPSA) is 15.3 Å². The predicted molar refractivity (Wildman–Crippen MR) is 90.5 cm³/mol. The van der Waals surface area contributed by atoms with Crippen LogP contribution in [-0.4, -0.2) is 36.6 Å². The molecule has 1 heterocycles. The fraction of sp³-hybridized carbons (Fsp3) is 1.00. The first-order chi connectivity index (χ1) is 9.90. The Kier molecular flexibility index (Phi) is 4.66. The average Bonchev–Trinajstić information content (AvgIpc) is 3.27. The van der Waals surface area contributed by atoms with Crippen molar-refractivity contribution in [2.75, 3.05) is 19.6 Å². The van der Waals surface area contributed by atoms with E-state index in [2.05, 4.69) is 37.9 Å². The van der Waals surface area contributed by atoms with Gasteiger partial charge in [-0.1, -0.05) is 33.6 Å².